The largest absolute Gasteiger partial charge is 0.508 e. The first-order chi connectivity index (χ1) is 9.14. The Morgan fingerprint density at radius 1 is 1.30 bits per heavy atom. The average molecular weight is 280 g/mol. The van der Waals surface area contributed by atoms with Gasteiger partial charge in [-0.2, -0.15) is 0 Å². The molecule has 0 saturated carbocycles. The number of allylic oxidation sites excluding steroid dienone is 4. The van der Waals surface area contributed by atoms with E-state index in [9.17, 15) is 15.0 Å². The molecule has 0 bridgehead atoms. The summed E-state index contributed by atoms with van der Waals surface area (Å²) in [5, 5.41) is 29.0. The first-order valence-electron chi connectivity index (χ1n) is 6.85. The quantitative estimate of drug-likeness (QED) is 0.696. The summed E-state index contributed by atoms with van der Waals surface area (Å²) < 4.78 is 0. The Morgan fingerprint density at radius 3 is 2.45 bits per heavy atom. The van der Waals surface area contributed by atoms with Gasteiger partial charge in [0.25, 0.3) is 0 Å². The molecule has 0 saturated heterocycles. The van der Waals surface area contributed by atoms with E-state index in [1.165, 1.54) is 0 Å². The number of rotatable bonds is 6. The molecule has 0 aromatic carbocycles. The second-order valence-corrected chi connectivity index (χ2v) is 5.87. The Balaban J connectivity index is 2.70. The van der Waals surface area contributed by atoms with E-state index in [0.29, 0.717) is 25.0 Å². The van der Waals surface area contributed by atoms with Gasteiger partial charge in [-0.05, 0) is 68.7 Å². The molecule has 0 spiro atoms. The summed E-state index contributed by atoms with van der Waals surface area (Å²) in [7, 11) is 0. The lowest BCUT2D eigenvalue weighted by molar-refractivity contribution is -0.138. The number of hydrogen-bond acceptors (Lipinski definition) is 3. The maximum Gasteiger partial charge on any atom is 0.303 e. The van der Waals surface area contributed by atoms with Crippen molar-refractivity contribution in [1.29, 1.82) is 0 Å². The van der Waals surface area contributed by atoms with Crippen molar-refractivity contribution < 1.29 is 20.1 Å². The highest BCUT2D eigenvalue weighted by molar-refractivity contribution is 5.66. The molecule has 1 aliphatic carbocycles. The summed E-state index contributed by atoms with van der Waals surface area (Å²) in [6.07, 6.45) is 1.75. The van der Waals surface area contributed by atoms with E-state index in [0.717, 1.165) is 22.3 Å². The molecule has 4 nitrogen and oxygen atoms in total. The van der Waals surface area contributed by atoms with Crippen molar-refractivity contribution in [2.24, 2.45) is 0 Å². The smallest absolute Gasteiger partial charge is 0.303 e. The van der Waals surface area contributed by atoms with Gasteiger partial charge in [-0.1, -0.05) is 6.58 Å². The van der Waals surface area contributed by atoms with Crippen LogP contribution in [0.3, 0.4) is 0 Å². The fraction of sp³-hybridized carbons (Fsp3) is 0.562. The molecule has 112 valence electrons. The topological polar surface area (TPSA) is 77.8 Å². The van der Waals surface area contributed by atoms with Crippen LogP contribution in [-0.4, -0.2) is 26.9 Å². The first-order valence-corrected chi connectivity index (χ1v) is 6.85. The zero-order valence-corrected chi connectivity index (χ0v) is 12.5. The summed E-state index contributed by atoms with van der Waals surface area (Å²) >= 11 is 0. The van der Waals surface area contributed by atoms with Crippen LogP contribution in [0.2, 0.25) is 0 Å². The number of carboxylic acid groups (broad SMARTS) is 1. The van der Waals surface area contributed by atoms with E-state index in [-0.39, 0.29) is 12.8 Å². The van der Waals surface area contributed by atoms with Gasteiger partial charge in [-0.15, -0.1) is 0 Å². The molecular weight excluding hydrogens is 256 g/mol. The molecule has 0 fully saturated rings. The van der Waals surface area contributed by atoms with Gasteiger partial charge >= 0.3 is 5.97 Å². The Hall–Kier alpha value is -1.55. The van der Waals surface area contributed by atoms with Crippen LogP contribution in [0.15, 0.2) is 34.6 Å². The molecule has 0 heterocycles. The van der Waals surface area contributed by atoms with Gasteiger partial charge in [0.05, 0.1) is 5.60 Å². The molecule has 0 aromatic heterocycles. The maximum atomic E-state index is 10.5. The Labute approximate surface area is 120 Å². The monoisotopic (exact) mass is 280 g/mol. The fourth-order valence-electron chi connectivity index (χ4n) is 2.31. The van der Waals surface area contributed by atoms with Crippen LogP contribution in [0.25, 0.3) is 0 Å². The van der Waals surface area contributed by atoms with Crippen LogP contribution in [0, 0.1) is 0 Å². The molecule has 1 rings (SSSR count). The number of hydrogen-bond donors (Lipinski definition) is 3. The lowest BCUT2D eigenvalue weighted by atomic mass is 9.84. The molecule has 0 unspecified atom stereocenters. The molecule has 0 aliphatic heterocycles. The number of aliphatic carboxylic acids is 1. The minimum absolute atomic E-state index is 0.0528. The second-order valence-electron chi connectivity index (χ2n) is 5.87. The van der Waals surface area contributed by atoms with Crippen molar-refractivity contribution in [1.82, 2.24) is 0 Å². The maximum absolute atomic E-state index is 10.5. The van der Waals surface area contributed by atoms with Gasteiger partial charge < -0.3 is 15.3 Å². The van der Waals surface area contributed by atoms with Crippen molar-refractivity contribution >= 4 is 5.97 Å². The Morgan fingerprint density at radius 2 is 1.90 bits per heavy atom. The van der Waals surface area contributed by atoms with Crippen LogP contribution in [0.1, 0.15) is 52.9 Å². The highest BCUT2D eigenvalue weighted by Crippen LogP contribution is 2.35. The highest BCUT2D eigenvalue weighted by atomic mass is 16.4. The zero-order chi connectivity index (χ0) is 15.5. The predicted molar refractivity (Wildman–Crippen MR) is 78.5 cm³/mol. The van der Waals surface area contributed by atoms with Crippen molar-refractivity contribution in [3.63, 3.8) is 0 Å². The molecule has 0 aromatic rings. The fourth-order valence-corrected chi connectivity index (χ4v) is 2.31. The third-order valence-corrected chi connectivity index (χ3v) is 4.05. The molecule has 0 radical (unpaired) electrons. The number of carboxylic acids is 1. The molecular formula is C16H24O4. The van der Waals surface area contributed by atoms with E-state index in [1.807, 2.05) is 13.8 Å². The van der Waals surface area contributed by atoms with Crippen LogP contribution in [0.5, 0.6) is 0 Å². The van der Waals surface area contributed by atoms with E-state index < -0.39 is 11.6 Å². The minimum Gasteiger partial charge on any atom is -0.508 e. The summed E-state index contributed by atoms with van der Waals surface area (Å²) in [6, 6.07) is 0. The van der Waals surface area contributed by atoms with E-state index >= 15 is 0 Å². The van der Waals surface area contributed by atoms with E-state index in [4.69, 9.17) is 5.11 Å². The van der Waals surface area contributed by atoms with Crippen LogP contribution >= 0.6 is 0 Å². The lowest BCUT2D eigenvalue weighted by Crippen LogP contribution is -2.25. The molecule has 0 amide bonds. The normalized spacial score (nSPS) is 19.3. The SMILES string of the molecule is C=C1CC(CC[C@](C)(O)CCC(=O)O)=C(O)C(C)=C1C. The summed E-state index contributed by atoms with van der Waals surface area (Å²) in [6.45, 7) is 9.43. The number of carbonyl (C=O) groups is 1. The van der Waals surface area contributed by atoms with Crippen molar-refractivity contribution in [3.8, 4) is 0 Å². The molecule has 3 N–H and O–H groups in total. The number of aliphatic hydroxyl groups excluding tert-OH is 1. The van der Waals surface area contributed by atoms with Crippen LogP contribution in [0.4, 0.5) is 0 Å². The molecule has 20 heavy (non-hydrogen) atoms. The Kier molecular flexibility index (Phi) is 5.17. The summed E-state index contributed by atoms with van der Waals surface area (Å²) in [4.78, 5) is 10.5. The van der Waals surface area contributed by atoms with Gasteiger partial charge in [-0.3, -0.25) is 4.79 Å². The molecule has 1 atom stereocenters. The number of aliphatic hydroxyl groups is 2. The third kappa shape index (κ3) is 4.23. The van der Waals surface area contributed by atoms with E-state index in [1.54, 1.807) is 6.92 Å². The van der Waals surface area contributed by atoms with Gasteiger partial charge in [-0.25, -0.2) is 0 Å². The Bertz CT molecular complexity index is 481. The first kappa shape index (κ1) is 16.5. The minimum atomic E-state index is -1.03. The third-order valence-electron chi connectivity index (χ3n) is 4.05. The lowest BCUT2D eigenvalue weighted by Gasteiger charge is -2.26. The van der Waals surface area contributed by atoms with Gasteiger partial charge in [0.2, 0.25) is 0 Å². The highest BCUT2D eigenvalue weighted by Gasteiger charge is 2.24. The summed E-state index contributed by atoms with van der Waals surface area (Å²) in [5.41, 5.74) is 2.68. The van der Waals surface area contributed by atoms with Gasteiger partial charge in [0.1, 0.15) is 5.76 Å². The molecule has 4 heteroatoms. The summed E-state index contributed by atoms with van der Waals surface area (Å²) in [5.74, 6) is -0.614. The van der Waals surface area contributed by atoms with Crippen molar-refractivity contribution in [3.05, 3.63) is 34.6 Å². The van der Waals surface area contributed by atoms with Crippen LogP contribution < -0.4 is 0 Å². The van der Waals surface area contributed by atoms with E-state index in [2.05, 4.69) is 6.58 Å². The van der Waals surface area contributed by atoms with Crippen molar-refractivity contribution in [2.45, 2.75) is 58.5 Å². The van der Waals surface area contributed by atoms with Crippen molar-refractivity contribution in [2.75, 3.05) is 0 Å². The second kappa shape index (κ2) is 6.27. The molecule has 1 aliphatic rings. The van der Waals surface area contributed by atoms with Gasteiger partial charge in [0, 0.05) is 6.42 Å². The van der Waals surface area contributed by atoms with Crippen LogP contribution in [-0.2, 0) is 4.79 Å². The zero-order valence-electron chi connectivity index (χ0n) is 12.5. The van der Waals surface area contributed by atoms with Gasteiger partial charge in [0.15, 0.2) is 0 Å². The average Bonchev–Trinajstić information content (AvgIpc) is 2.37. The standard InChI is InChI=1S/C16H24O4/c1-10-9-13(15(19)12(3)11(10)2)5-7-16(4,20)8-6-14(17)18/h19-20H,1,5-9H2,2-4H3,(H,17,18)/t16-/m0/s1. The predicted octanol–water partition coefficient (Wildman–Crippen LogP) is 3.49.